The summed E-state index contributed by atoms with van der Waals surface area (Å²) in [6, 6.07) is 5.99. The number of nitrogens with one attached hydrogen (secondary N) is 2. The molecule has 0 aromatic carbocycles. The Balaban J connectivity index is 1.37. The molecule has 4 rings (SSSR count). The number of carbonyl (C=O) groups is 4. The van der Waals surface area contributed by atoms with Crippen molar-refractivity contribution in [3.05, 3.63) is 44.8 Å². The number of alkyl halides is 6. The molecule has 0 spiro atoms. The molecule has 0 aliphatic rings. The highest BCUT2D eigenvalue weighted by atomic mass is 32.1. The van der Waals surface area contributed by atoms with Crippen LogP contribution in [-0.2, 0) is 14.3 Å². The van der Waals surface area contributed by atoms with Gasteiger partial charge in [-0.1, -0.05) is 34.8 Å². The van der Waals surface area contributed by atoms with Crippen LogP contribution in [-0.4, -0.2) is 58.9 Å². The van der Waals surface area contributed by atoms with Gasteiger partial charge in [-0.3, -0.25) is 29.8 Å². The minimum absolute atomic E-state index is 0.253. The number of amides is 2. The number of hydrogen-bond acceptors (Lipinski definition) is 11. The second kappa shape index (κ2) is 12.1. The van der Waals surface area contributed by atoms with Gasteiger partial charge < -0.3 is 4.74 Å². The lowest BCUT2D eigenvalue weighted by molar-refractivity contribution is -0.125. The van der Waals surface area contributed by atoms with Crippen molar-refractivity contribution in [2.45, 2.75) is 12.4 Å². The molecule has 4 aromatic heterocycles. The number of ether oxygens (including phenoxy) is 1. The first kappa shape index (κ1) is 30.4. The molecule has 0 aliphatic carbocycles. The average molecular weight is 655 g/mol. The van der Waals surface area contributed by atoms with Crippen LogP contribution in [0.4, 0.5) is 36.6 Å². The first-order chi connectivity index (χ1) is 19.2. The molecule has 4 heterocycles. The van der Waals surface area contributed by atoms with E-state index in [4.69, 9.17) is 4.74 Å². The van der Waals surface area contributed by atoms with Gasteiger partial charge in [-0.05, 0) is 22.9 Å². The van der Waals surface area contributed by atoms with E-state index < -0.39 is 58.7 Å². The van der Waals surface area contributed by atoms with E-state index in [-0.39, 0.29) is 31.4 Å². The number of anilines is 2. The molecular weight excluding hydrogens is 643 g/mol. The number of hydrogen-bond donors (Lipinski definition) is 2. The normalized spacial score (nSPS) is 11.9. The molecular formula is C22H12F6N4O5S4. The summed E-state index contributed by atoms with van der Waals surface area (Å²) in [7, 11) is 0. The number of rotatable bonds is 10. The van der Waals surface area contributed by atoms with Crippen molar-refractivity contribution in [3.8, 4) is 21.1 Å². The van der Waals surface area contributed by atoms with Crippen LogP contribution < -0.4 is 10.6 Å². The Bertz CT molecular complexity index is 1460. The molecule has 19 heteroatoms. The molecule has 0 aliphatic heterocycles. The van der Waals surface area contributed by atoms with Gasteiger partial charge in [-0.2, -0.15) is 26.3 Å². The van der Waals surface area contributed by atoms with E-state index in [2.05, 4.69) is 20.6 Å². The summed E-state index contributed by atoms with van der Waals surface area (Å²) in [6.07, 6.45) is -10.3. The van der Waals surface area contributed by atoms with E-state index in [1.54, 1.807) is 22.9 Å². The summed E-state index contributed by atoms with van der Waals surface area (Å²) < 4.78 is 83.1. The highest BCUT2D eigenvalue weighted by molar-refractivity contribution is 7.19. The number of halogens is 6. The standard InChI is InChI=1S/C22H12F6N4O5S4/c23-21(24,25)17(35)15-13(9-3-1-5-38-9)31-19(40-15)29-11(33)7-37-8-12(34)30-20-32-14(10-4-2-6-39-10)16(41-20)18(36)22(26,27)28/h1-6H,7-8H2,(H,29,31,33)(H,30,32,34). The van der Waals surface area contributed by atoms with Crippen LogP contribution in [0.1, 0.15) is 19.3 Å². The summed E-state index contributed by atoms with van der Waals surface area (Å²) >= 11 is 2.70. The number of ketones is 2. The van der Waals surface area contributed by atoms with Crippen molar-refractivity contribution in [1.82, 2.24) is 9.97 Å². The molecule has 9 nitrogen and oxygen atoms in total. The Hall–Kier alpha value is -3.52. The summed E-state index contributed by atoms with van der Waals surface area (Å²) in [5.74, 6) is -6.09. The Kier molecular flexibility index (Phi) is 9.02. The zero-order valence-electron chi connectivity index (χ0n) is 19.7. The number of aromatic nitrogens is 2. The van der Waals surface area contributed by atoms with Crippen LogP contribution >= 0.6 is 45.3 Å². The van der Waals surface area contributed by atoms with Gasteiger partial charge in [0.1, 0.15) is 34.4 Å². The monoisotopic (exact) mass is 654 g/mol. The summed E-state index contributed by atoms with van der Waals surface area (Å²) in [4.78, 5) is 55.1. The summed E-state index contributed by atoms with van der Waals surface area (Å²) in [5.41, 5.74) is -0.506. The van der Waals surface area contributed by atoms with E-state index >= 15 is 0 Å². The zero-order chi connectivity index (χ0) is 29.9. The average Bonchev–Trinajstić information content (AvgIpc) is 3.68. The molecule has 4 aromatic rings. The van der Waals surface area contributed by atoms with Crippen LogP contribution in [0.2, 0.25) is 0 Å². The number of thiophene rings is 2. The lowest BCUT2D eigenvalue weighted by atomic mass is 10.2. The van der Waals surface area contributed by atoms with E-state index in [0.717, 1.165) is 22.7 Å². The van der Waals surface area contributed by atoms with E-state index in [1.165, 1.54) is 12.1 Å². The number of nitrogens with zero attached hydrogens (tertiary/aromatic N) is 2. The minimum atomic E-state index is -5.17. The first-order valence-electron chi connectivity index (χ1n) is 10.7. The lowest BCUT2D eigenvalue weighted by Gasteiger charge is -2.04. The smallest absolute Gasteiger partial charge is 0.362 e. The molecule has 216 valence electrons. The van der Waals surface area contributed by atoms with Gasteiger partial charge in [0.2, 0.25) is 0 Å². The Morgan fingerprint density at radius 2 is 1.10 bits per heavy atom. The first-order valence-corrected chi connectivity index (χ1v) is 14.1. The third kappa shape index (κ3) is 7.41. The van der Waals surface area contributed by atoms with Crippen molar-refractivity contribution < 1.29 is 50.3 Å². The molecule has 2 N–H and O–H groups in total. The van der Waals surface area contributed by atoms with Crippen molar-refractivity contribution in [2.75, 3.05) is 23.8 Å². The minimum Gasteiger partial charge on any atom is -0.362 e. The largest absolute Gasteiger partial charge is 0.455 e. The molecule has 0 bridgehead atoms. The highest BCUT2D eigenvalue weighted by Crippen LogP contribution is 2.38. The van der Waals surface area contributed by atoms with Crippen LogP contribution in [0.15, 0.2) is 35.0 Å². The maximum atomic E-state index is 13.0. The molecule has 0 radical (unpaired) electrons. The van der Waals surface area contributed by atoms with Crippen molar-refractivity contribution >= 4 is 79.0 Å². The fourth-order valence-corrected chi connectivity index (χ4v) is 6.50. The van der Waals surface area contributed by atoms with Crippen LogP contribution in [0, 0.1) is 0 Å². The highest BCUT2D eigenvalue weighted by Gasteiger charge is 2.43. The second-order valence-electron chi connectivity index (χ2n) is 7.59. The topological polar surface area (TPSA) is 127 Å². The third-order valence-electron chi connectivity index (χ3n) is 4.65. The predicted molar refractivity (Wildman–Crippen MR) is 140 cm³/mol. The number of carbonyl (C=O) groups excluding carboxylic acids is 4. The molecule has 0 saturated heterocycles. The van der Waals surface area contributed by atoms with E-state index in [0.29, 0.717) is 22.7 Å². The van der Waals surface area contributed by atoms with E-state index in [1.807, 2.05) is 0 Å². The number of thiazole rings is 2. The van der Waals surface area contributed by atoms with Crippen molar-refractivity contribution in [2.24, 2.45) is 0 Å². The third-order valence-corrected chi connectivity index (χ3v) is 8.34. The van der Waals surface area contributed by atoms with Crippen LogP contribution in [0.3, 0.4) is 0 Å². The SMILES string of the molecule is O=C(COCC(=O)Nc1nc(-c2cccs2)c(C(=O)C(F)(F)F)s1)Nc1nc(-c2cccs2)c(C(=O)C(F)(F)F)s1. The lowest BCUT2D eigenvalue weighted by Crippen LogP contribution is -2.24. The summed E-state index contributed by atoms with van der Waals surface area (Å²) in [6.45, 7) is -1.53. The Morgan fingerprint density at radius 1 is 0.707 bits per heavy atom. The quantitative estimate of drug-likeness (QED) is 0.155. The van der Waals surface area contributed by atoms with Gasteiger partial charge >= 0.3 is 12.4 Å². The fraction of sp³-hybridized carbons (Fsp3) is 0.182. The molecule has 41 heavy (non-hydrogen) atoms. The Labute approximate surface area is 240 Å². The van der Waals surface area contributed by atoms with Gasteiger partial charge in [0.25, 0.3) is 23.4 Å². The molecule has 2 amide bonds. The van der Waals surface area contributed by atoms with Crippen LogP contribution in [0.5, 0.6) is 0 Å². The fourth-order valence-electron chi connectivity index (χ4n) is 3.02. The van der Waals surface area contributed by atoms with Gasteiger partial charge in [-0.15, -0.1) is 22.7 Å². The second-order valence-corrected chi connectivity index (χ2v) is 11.5. The maximum absolute atomic E-state index is 13.0. The maximum Gasteiger partial charge on any atom is 0.455 e. The van der Waals surface area contributed by atoms with Gasteiger partial charge in [0.05, 0.1) is 9.75 Å². The zero-order valence-corrected chi connectivity index (χ0v) is 23.0. The molecule has 0 atom stereocenters. The van der Waals surface area contributed by atoms with Gasteiger partial charge in [0, 0.05) is 0 Å². The summed E-state index contributed by atoms with van der Waals surface area (Å²) in [5, 5.41) is 6.89. The number of Topliss-reactive ketones (excluding diaryl/α,β-unsaturated/α-hetero) is 2. The molecule has 0 saturated carbocycles. The molecule has 0 unspecified atom stereocenters. The van der Waals surface area contributed by atoms with Gasteiger partial charge in [-0.25, -0.2) is 9.97 Å². The molecule has 0 fully saturated rings. The van der Waals surface area contributed by atoms with Crippen molar-refractivity contribution in [3.63, 3.8) is 0 Å². The Morgan fingerprint density at radius 3 is 1.41 bits per heavy atom. The van der Waals surface area contributed by atoms with E-state index in [9.17, 15) is 45.5 Å². The van der Waals surface area contributed by atoms with Crippen LogP contribution in [0.25, 0.3) is 21.1 Å². The predicted octanol–water partition coefficient (Wildman–Crippen LogP) is 6.14. The van der Waals surface area contributed by atoms with Gasteiger partial charge in [0.15, 0.2) is 10.3 Å². The van der Waals surface area contributed by atoms with Crippen molar-refractivity contribution in [1.29, 1.82) is 0 Å².